The quantitative estimate of drug-likeness (QED) is 0.385. The zero-order valence-electron chi connectivity index (χ0n) is 11.9. The van der Waals surface area contributed by atoms with Crippen LogP contribution in [0.3, 0.4) is 0 Å². The number of oxime groups is 1. The number of nitrogens with zero attached hydrogens (tertiary/aromatic N) is 4. The summed E-state index contributed by atoms with van der Waals surface area (Å²) in [7, 11) is 0. The van der Waals surface area contributed by atoms with Crippen LogP contribution in [0.5, 0.6) is 0 Å². The summed E-state index contributed by atoms with van der Waals surface area (Å²) >= 11 is 6.21. The fourth-order valence-electron chi connectivity index (χ4n) is 2.69. The Morgan fingerprint density at radius 2 is 2.19 bits per heavy atom. The molecule has 0 aromatic carbocycles. The molecular formula is C14H16ClN5O. The van der Waals surface area contributed by atoms with Crippen molar-refractivity contribution in [2.24, 2.45) is 10.9 Å². The largest absolute Gasteiger partial charge is 0.409 e. The molecule has 2 aromatic rings. The van der Waals surface area contributed by atoms with E-state index in [0.29, 0.717) is 16.4 Å². The summed E-state index contributed by atoms with van der Waals surface area (Å²) in [4.78, 5) is 4.68. The molecule has 2 heterocycles. The highest BCUT2D eigenvalue weighted by Gasteiger charge is 2.22. The molecule has 0 radical (unpaired) electrons. The minimum Gasteiger partial charge on any atom is -0.409 e. The Labute approximate surface area is 127 Å². The number of amidine groups is 1. The minimum absolute atomic E-state index is 0.0240. The van der Waals surface area contributed by atoms with E-state index in [4.69, 9.17) is 22.5 Å². The van der Waals surface area contributed by atoms with Crippen molar-refractivity contribution in [2.45, 2.75) is 33.1 Å². The molecule has 3 N–H and O–H groups in total. The van der Waals surface area contributed by atoms with Crippen LogP contribution in [0, 0.1) is 13.8 Å². The molecule has 7 heteroatoms. The second-order valence-corrected chi connectivity index (χ2v) is 5.58. The first-order valence-corrected chi connectivity index (χ1v) is 7.13. The van der Waals surface area contributed by atoms with Gasteiger partial charge in [-0.1, -0.05) is 16.8 Å². The normalized spacial score (nSPS) is 14.5. The van der Waals surface area contributed by atoms with Crippen LogP contribution in [0.15, 0.2) is 11.2 Å². The van der Waals surface area contributed by atoms with Gasteiger partial charge in [-0.15, -0.1) is 0 Å². The summed E-state index contributed by atoms with van der Waals surface area (Å²) in [6.07, 6.45) is 2.97. The summed E-state index contributed by atoms with van der Waals surface area (Å²) in [5, 5.41) is 17.1. The lowest BCUT2D eigenvalue weighted by Gasteiger charge is -2.12. The monoisotopic (exact) mass is 305 g/mol. The minimum atomic E-state index is 0.0240. The molecule has 0 fully saturated rings. The number of fused-ring (bicyclic) bond motifs is 1. The highest BCUT2D eigenvalue weighted by atomic mass is 35.5. The molecule has 6 nitrogen and oxygen atoms in total. The van der Waals surface area contributed by atoms with E-state index in [2.05, 4.69) is 15.2 Å². The molecule has 0 unspecified atom stereocenters. The van der Waals surface area contributed by atoms with Crippen LogP contribution >= 0.6 is 11.6 Å². The number of aryl methyl sites for hydroxylation is 3. The van der Waals surface area contributed by atoms with Gasteiger partial charge < -0.3 is 10.9 Å². The van der Waals surface area contributed by atoms with Crippen molar-refractivity contribution in [3.63, 3.8) is 0 Å². The summed E-state index contributed by atoms with van der Waals surface area (Å²) in [6, 6.07) is 1.93. The van der Waals surface area contributed by atoms with E-state index in [-0.39, 0.29) is 5.84 Å². The van der Waals surface area contributed by atoms with Gasteiger partial charge in [-0.3, -0.25) is 0 Å². The van der Waals surface area contributed by atoms with Gasteiger partial charge in [0.1, 0.15) is 0 Å². The Morgan fingerprint density at radius 1 is 1.43 bits per heavy atom. The van der Waals surface area contributed by atoms with Gasteiger partial charge in [-0.25, -0.2) is 9.67 Å². The van der Waals surface area contributed by atoms with E-state index < -0.39 is 0 Å². The van der Waals surface area contributed by atoms with Crippen molar-refractivity contribution >= 4 is 17.4 Å². The molecule has 0 bridgehead atoms. The van der Waals surface area contributed by atoms with Crippen LogP contribution in [-0.2, 0) is 12.8 Å². The lowest BCUT2D eigenvalue weighted by atomic mass is 10.1. The van der Waals surface area contributed by atoms with Gasteiger partial charge in [0.25, 0.3) is 0 Å². The fourth-order valence-corrected chi connectivity index (χ4v) is 2.81. The standard InChI is InChI=1S/C14H16ClN5O/c1-7-12(15)8(2)20(18-7)14-10(13(16)19-21)6-9-4-3-5-11(9)17-14/h6,21H,3-5H2,1-2H3,(H2,16,19). The Hall–Kier alpha value is -2.08. The maximum absolute atomic E-state index is 9.02. The first-order valence-electron chi connectivity index (χ1n) is 6.75. The highest BCUT2D eigenvalue weighted by Crippen LogP contribution is 2.27. The summed E-state index contributed by atoms with van der Waals surface area (Å²) in [5.74, 6) is 0.578. The maximum Gasteiger partial charge on any atom is 0.173 e. The number of halogens is 1. The molecule has 21 heavy (non-hydrogen) atoms. The van der Waals surface area contributed by atoms with Crippen molar-refractivity contribution in [3.05, 3.63) is 39.3 Å². The predicted molar refractivity (Wildman–Crippen MR) is 80.4 cm³/mol. The molecule has 0 spiro atoms. The molecule has 1 aliphatic carbocycles. The second kappa shape index (κ2) is 5.04. The van der Waals surface area contributed by atoms with Crippen LogP contribution in [0.2, 0.25) is 5.02 Å². The number of pyridine rings is 1. The first kappa shape index (κ1) is 13.9. The van der Waals surface area contributed by atoms with Gasteiger partial charge in [0.2, 0.25) is 0 Å². The molecular weight excluding hydrogens is 290 g/mol. The molecule has 0 amide bonds. The lowest BCUT2D eigenvalue weighted by molar-refractivity contribution is 0.318. The number of rotatable bonds is 2. The van der Waals surface area contributed by atoms with E-state index in [1.54, 1.807) is 4.68 Å². The average molecular weight is 306 g/mol. The molecule has 0 saturated carbocycles. The van der Waals surface area contributed by atoms with E-state index in [1.165, 1.54) is 0 Å². The third-order valence-electron chi connectivity index (χ3n) is 3.82. The molecule has 0 atom stereocenters. The van der Waals surface area contributed by atoms with Gasteiger partial charge in [-0.05, 0) is 44.7 Å². The molecule has 1 aliphatic rings. The van der Waals surface area contributed by atoms with E-state index in [1.807, 2.05) is 19.9 Å². The van der Waals surface area contributed by atoms with Crippen LogP contribution in [0.25, 0.3) is 5.82 Å². The van der Waals surface area contributed by atoms with Crippen molar-refractivity contribution in [2.75, 3.05) is 0 Å². The molecule has 110 valence electrons. The highest BCUT2D eigenvalue weighted by molar-refractivity contribution is 6.31. The number of nitrogens with two attached hydrogens (primary N) is 1. The molecule has 0 saturated heterocycles. The summed E-state index contributed by atoms with van der Waals surface area (Å²) in [5.41, 5.74) is 10.1. The zero-order chi connectivity index (χ0) is 15.1. The van der Waals surface area contributed by atoms with Crippen LogP contribution in [0.1, 0.15) is 34.6 Å². The molecule has 2 aromatic heterocycles. The van der Waals surface area contributed by atoms with E-state index in [9.17, 15) is 0 Å². The zero-order valence-corrected chi connectivity index (χ0v) is 12.6. The van der Waals surface area contributed by atoms with Crippen LogP contribution in [0.4, 0.5) is 0 Å². The van der Waals surface area contributed by atoms with Gasteiger partial charge in [-0.2, -0.15) is 5.10 Å². The van der Waals surface area contributed by atoms with Crippen molar-refractivity contribution < 1.29 is 5.21 Å². The maximum atomic E-state index is 9.02. The summed E-state index contributed by atoms with van der Waals surface area (Å²) in [6.45, 7) is 3.70. The van der Waals surface area contributed by atoms with Crippen molar-refractivity contribution in [3.8, 4) is 5.82 Å². The van der Waals surface area contributed by atoms with E-state index >= 15 is 0 Å². The van der Waals surface area contributed by atoms with Gasteiger partial charge in [0.05, 0.1) is 22.0 Å². The first-order chi connectivity index (χ1) is 10.0. The average Bonchev–Trinajstić information content (AvgIpc) is 3.04. The lowest BCUT2D eigenvalue weighted by Crippen LogP contribution is -2.19. The van der Waals surface area contributed by atoms with E-state index in [0.717, 1.165) is 41.9 Å². The predicted octanol–water partition coefficient (Wildman–Crippen LogP) is 2.12. The number of hydrogen-bond acceptors (Lipinski definition) is 4. The number of hydrogen-bond donors (Lipinski definition) is 2. The Bertz CT molecular complexity index is 750. The molecule has 3 rings (SSSR count). The Kier molecular flexibility index (Phi) is 3.33. The summed E-state index contributed by atoms with van der Waals surface area (Å²) < 4.78 is 1.66. The smallest absolute Gasteiger partial charge is 0.173 e. The molecule has 0 aliphatic heterocycles. The van der Waals surface area contributed by atoms with Gasteiger partial charge in [0, 0.05) is 5.69 Å². The SMILES string of the molecule is Cc1nn(-c2nc3c(cc2C(N)=NO)CCC3)c(C)c1Cl. The van der Waals surface area contributed by atoms with Crippen LogP contribution in [-0.4, -0.2) is 25.8 Å². The topological polar surface area (TPSA) is 89.3 Å². The Morgan fingerprint density at radius 3 is 2.81 bits per heavy atom. The Balaban J connectivity index is 2.28. The van der Waals surface area contributed by atoms with Crippen molar-refractivity contribution in [1.29, 1.82) is 0 Å². The van der Waals surface area contributed by atoms with Crippen molar-refractivity contribution in [1.82, 2.24) is 14.8 Å². The third kappa shape index (κ3) is 2.15. The van der Waals surface area contributed by atoms with Gasteiger partial charge in [0.15, 0.2) is 11.7 Å². The third-order valence-corrected chi connectivity index (χ3v) is 4.37. The van der Waals surface area contributed by atoms with Gasteiger partial charge >= 0.3 is 0 Å². The number of aromatic nitrogens is 3. The fraction of sp³-hybridized carbons (Fsp3) is 0.357. The second-order valence-electron chi connectivity index (χ2n) is 5.20. The van der Waals surface area contributed by atoms with Crippen LogP contribution < -0.4 is 5.73 Å².